The van der Waals surface area contributed by atoms with Gasteiger partial charge >= 0.3 is 0 Å². The highest BCUT2D eigenvalue weighted by atomic mass is 15.3. The van der Waals surface area contributed by atoms with Crippen molar-refractivity contribution in [2.75, 3.05) is 18.0 Å². The molecule has 2 aliphatic heterocycles. The predicted octanol–water partition coefficient (Wildman–Crippen LogP) is 2.42. The topological polar surface area (TPSA) is 15.3 Å². The molecule has 2 heterocycles. The fraction of sp³-hybridized carbons (Fsp3) is 0.600. The maximum atomic E-state index is 3.73. The minimum atomic E-state index is 0.732. The van der Waals surface area contributed by atoms with Crippen LogP contribution in [0, 0.1) is 6.92 Å². The first kappa shape index (κ1) is 9.95. The first-order valence-electron chi connectivity index (χ1n) is 6.95. The van der Waals surface area contributed by atoms with E-state index in [0.717, 1.165) is 24.5 Å². The molecule has 0 bridgehead atoms. The van der Waals surface area contributed by atoms with Crippen LogP contribution in [0.4, 0.5) is 5.69 Å². The van der Waals surface area contributed by atoms with Crippen molar-refractivity contribution in [2.24, 2.45) is 0 Å². The molecule has 1 aromatic rings. The van der Waals surface area contributed by atoms with Crippen LogP contribution < -0.4 is 10.2 Å². The molecule has 2 nitrogen and oxygen atoms in total. The lowest BCUT2D eigenvalue weighted by atomic mass is 9.78. The molecule has 0 unspecified atom stereocenters. The van der Waals surface area contributed by atoms with E-state index >= 15 is 0 Å². The number of anilines is 1. The number of rotatable bonds is 0. The standard InChI is InChI=1S/C15H20N2/c1-10-5-6-14-12(9-10)11-3-2-4-13-15(11)17(14)8-7-16-13/h5-6,9,11,13,15-16H,2-4,7-8H2,1H3/t11-,13+,15-/m0/s1. The summed E-state index contributed by atoms with van der Waals surface area (Å²) < 4.78 is 0. The molecule has 0 spiro atoms. The van der Waals surface area contributed by atoms with Crippen molar-refractivity contribution >= 4 is 5.69 Å². The van der Waals surface area contributed by atoms with Gasteiger partial charge in [-0.15, -0.1) is 0 Å². The number of hydrogen-bond donors (Lipinski definition) is 1. The van der Waals surface area contributed by atoms with E-state index in [1.807, 2.05) is 0 Å². The molecule has 90 valence electrons. The molecule has 1 aromatic carbocycles. The van der Waals surface area contributed by atoms with E-state index in [4.69, 9.17) is 0 Å². The molecule has 3 aliphatic rings. The predicted molar refractivity (Wildman–Crippen MR) is 70.7 cm³/mol. The van der Waals surface area contributed by atoms with Crippen LogP contribution in [-0.4, -0.2) is 25.2 Å². The van der Waals surface area contributed by atoms with E-state index in [9.17, 15) is 0 Å². The average Bonchev–Trinajstić information content (AvgIpc) is 2.67. The van der Waals surface area contributed by atoms with Crippen molar-refractivity contribution in [3.8, 4) is 0 Å². The zero-order valence-electron chi connectivity index (χ0n) is 10.4. The number of fused-ring (bicyclic) bond motifs is 3. The van der Waals surface area contributed by atoms with Crippen LogP contribution in [0.25, 0.3) is 0 Å². The Morgan fingerprint density at radius 1 is 1.29 bits per heavy atom. The number of piperazine rings is 1. The van der Waals surface area contributed by atoms with Crippen LogP contribution in [0.15, 0.2) is 18.2 Å². The summed E-state index contributed by atoms with van der Waals surface area (Å²) in [6.45, 7) is 4.56. The molecule has 2 fully saturated rings. The molecular weight excluding hydrogens is 208 g/mol. The van der Waals surface area contributed by atoms with Crippen LogP contribution in [-0.2, 0) is 0 Å². The lowest BCUT2D eigenvalue weighted by molar-refractivity contribution is 0.270. The van der Waals surface area contributed by atoms with Gasteiger partial charge in [-0.05, 0) is 31.4 Å². The summed E-state index contributed by atoms with van der Waals surface area (Å²) in [5.74, 6) is 0.788. The monoisotopic (exact) mass is 228 g/mol. The van der Waals surface area contributed by atoms with Gasteiger partial charge < -0.3 is 10.2 Å². The van der Waals surface area contributed by atoms with Gasteiger partial charge in [-0.25, -0.2) is 0 Å². The van der Waals surface area contributed by atoms with Gasteiger partial charge in [-0.1, -0.05) is 24.1 Å². The molecule has 0 radical (unpaired) electrons. The fourth-order valence-electron chi connectivity index (χ4n) is 4.21. The summed E-state index contributed by atoms with van der Waals surface area (Å²) in [7, 11) is 0. The smallest absolute Gasteiger partial charge is 0.0513 e. The first-order chi connectivity index (χ1) is 8.34. The fourth-order valence-corrected chi connectivity index (χ4v) is 4.21. The molecule has 4 rings (SSSR count). The van der Waals surface area contributed by atoms with Crippen molar-refractivity contribution in [2.45, 2.75) is 44.2 Å². The highest BCUT2D eigenvalue weighted by molar-refractivity contribution is 5.64. The van der Waals surface area contributed by atoms with Gasteiger partial charge in [0.25, 0.3) is 0 Å². The second-order valence-corrected chi connectivity index (χ2v) is 5.84. The Kier molecular flexibility index (Phi) is 2.04. The van der Waals surface area contributed by atoms with Crippen LogP contribution in [0.2, 0.25) is 0 Å². The van der Waals surface area contributed by atoms with E-state index in [1.54, 1.807) is 5.56 Å². The molecule has 1 N–H and O–H groups in total. The summed E-state index contributed by atoms with van der Waals surface area (Å²) in [5, 5.41) is 3.73. The zero-order valence-corrected chi connectivity index (χ0v) is 10.4. The highest BCUT2D eigenvalue weighted by Crippen LogP contribution is 2.48. The van der Waals surface area contributed by atoms with Gasteiger partial charge in [-0.3, -0.25) is 0 Å². The maximum Gasteiger partial charge on any atom is 0.0513 e. The Labute approximate surface area is 103 Å². The minimum Gasteiger partial charge on any atom is -0.365 e. The second-order valence-electron chi connectivity index (χ2n) is 5.84. The highest BCUT2D eigenvalue weighted by Gasteiger charge is 2.46. The van der Waals surface area contributed by atoms with Gasteiger partial charge in [0, 0.05) is 30.7 Å². The van der Waals surface area contributed by atoms with Crippen LogP contribution in [0.3, 0.4) is 0 Å². The third kappa shape index (κ3) is 1.30. The minimum absolute atomic E-state index is 0.732. The molecule has 3 atom stereocenters. The Morgan fingerprint density at radius 3 is 3.18 bits per heavy atom. The van der Waals surface area contributed by atoms with E-state index in [-0.39, 0.29) is 0 Å². The normalized spacial score (nSPS) is 34.4. The Bertz CT molecular complexity index is 452. The number of nitrogens with zero attached hydrogens (tertiary/aromatic N) is 1. The molecule has 0 amide bonds. The first-order valence-corrected chi connectivity index (χ1v) is 6.95. The van der Waals surface area contributed by atoms with Gasteiger partial charge in [0.15, 0.2) is 0 Å². The Morgan fingerprint density at radius 2 is 2.24 bits per heavy atom. The third-order valence-corrected chi connectivity index (χ3v) is 4.87. The van der Waals surface area contributed by atoms with E-state index in [0.29, 0.717) is 0 Å². The van der Waals surface area contributed by atoms with Crippen LogP contribution in [0.1, 0.15) is 36.3 Å². The molecule has 1 saturated heterocycles. The number of aryl methyl sites for hydroxylation is 1. The van der Waals surface area contributed by atoms with Gasteiger partial charge in [0.05, 0.1) is 6.04 Å². The number of hydrogen-bond acceptors (Lipinski definition) is 2. The van der Waals surface area contributed by atoms with Gasteiger partial charge in [0.1, 0.15) is 0 Å². The maximum absolute atomic E-state index is 3.73. The van der Waals surface area contributed by atoms with Gasteiger partial charge in [-0.2, -0.15) is 0 Å². The van der Waals surface area contributed by atoms with Crippen molar-refractivity contribution < 1.29 is 0 Å². The lowest BCUT2D eigenvalue weighted by Crippen LogP contribution is -2.59. The van der Waals surface area contributed by atoms with Crippen molar-refractivity contribution in [3.05, 3.63) is 29.3 Å². The molecular formula is C15H20N2. The summed E-state index contributed by atoms with van der Waals surface area (Å²) in [6.07, 6.45) is 4.14. The molecule has 17 heavy (non-hydrogen) atoms. The van der Waals surface area contributed by atoms with Gasteiger partial charge in [0.2, 0.25) is 0 Å². The van der Waals surface area contributed by atoms with Crippen LogP contribution >= 0.6 is 0 Å². The molecule has 2 heteroatoms. The molecule has 1 saturated carbocycles. The largest absolute Gasteiger partial charge is 0.365 e. The van der Waals surface area contributed by atoms with Crippen LogP contribution in [0.5, 0.6) is 0 Å². The number of benzene rings is 1. The number of nitrogens with one attached hydrogen (secondary N) is 1. The summed E-state index contributed by atoms with van der Waals surface area (Å²) >= 11 is 0. The molecule has 1 aliphatic carbocycles. The average molecular weight is 228 g/mol. The van der Waals surface area contributed by atoms with Crippen molar-refractivity contribution in [1.29, 1.82) is 0 Å². The summed E-state index contributed by atoms with van der Waals surface area (Å²) in [5.41, 5.74) is 4.57. The molecule has 0 aromatic heterocycles. The van der Waals surface area contributed by atoms with E-state index in [2.05, 4.69) is 35.3 Å². The van der Waals surface area contributed by atoms with Crippen molar-refractivity contribution in [3.63, 3.8) is 0 Å². The Balaban J connectivity index is 1.85. The zero-order chi connectivity index (χ0) is 11.4. The summed E-state index contributed by atoms with van der Waals surface area (Å²) in [4.78, 5) is 2.68. The van der Waals surface area contributed by atoms with E-state index < -0.39 is 0 Å². The van der Waals surface area contributed by atoms with Crippen molar-refractivity contribution in [1.82, 2.24) is 5.32 Å². The SMILES string of the molecule is Cc1ccc2c(c1)[C@@H]1CCC[C@H]3NCCN2[C@H]31. The van der Waals surface area contributed by atoms with E-state index in [1.165, 1.54) is 37.1 Å². The Hall–Kier alpha value is -1.02. The quantitative estimate of drug-likeness (QED) is 0.733. The third-order valence-electron chi connectivity index (χ3n) is 4.87. The lowest BCUT2D eigenvalue weighted by Gasteiger charge is -2.44. The second kappa shape index (κ2) is 3.49. The summed E-state index contributed by atoms with van der Waals surface area (Å²) in [6, 6.07) is 8.53.